The average molecular weight is 402 g/mol. The van der Waals surface area contributed by atoms with E-state index in [0.717, 1.165) is 36.5 Å². The number of ether oxygens (including phenoxy) is 1. The van der Waals surface area contributed by atoms with Gasteiger partial charge in [-0.05, 0) is 62.7 Å². The van der Waals surface area contributed by atoms with Crippen molar-refractivity contribution in [2.75, 3.05) is 25.0 Å². The van der Waals surface area contributed by atoms with Crippen LogP contribution in [0.3, 0.4) is 0 Å². The Hall–Kier alpha value is -3.30. The fourth-order valence-corrected chi connectivity index (χ4v) is 3.63. The van der Waals surface area contributed by atoms with Crippen LogP contribution in [0.1, 0.15) is 31.0 Å². The molecule has 2 heterocycles. The Balaban J connectivity index is 1.39. The molecule has 0 amide bonds. The van der Waals surface area contributed by atoms with Crippen molar-refractivity contribution < 1.29 is 9.15 Å². The van der Waals surface area contributed by atoms with Gasteiger partial charge in [-0.15, -0.1) is 0 Å². The summed E-state index contributed by atoms with van der Waals surface area (Å²) < 4.78 is 11.7. The second-order valence-electron chi connectivity index (χ2n) is 7.58. The number of hydrogen-bond donors (Lipinski definition) is 1. The first-order valence-corrected chi connectivity index (χ1v) is 10.4. The van der Waals surface area contributed by atoms with Crippen molar-refractivity contribution in [1.82, 2.24) is 9.88 Å². The van der Waals surface area contributed by atoms with Crippen LogP contribution in [0, 0.1) is 11.3 Å². The molecule has 6 nitrogen and oxygen atoms in total. The normalized spacial score (nSPS) is 14.9. The predicted molar refractivity (Wildman–Crippen MR) is 116 cm³/mol. The van der Waals surface area contributed by atoms with Crippen molar-refractivity contribution in [2.24, 2.45) is 0 Å². The number of anilines is 1. The van der Waals surface area contributed by atoms with Crippen molar-refractivity contribution >= 4 is 5.88 Å². The molecule has 30 heavy (non-hydrogen) atoms. The summed E-state index contributed by atoms with van der Waals surface area (Å²) >= 11 is 0. The molecule has 1 saturated heterocycles. The zero-order chi connectivity index (χ0) is 20.8. The van der Waals surface area contributed by atoms with E-state index in [4.69, 9.17) is 9.15 Å². The summed E-state index contributed by atoms with van der Waals surface area (Å²) in [5.74, 6) is 1.63. The van der Waals surface area contributed by atoms with Gasteiger partial charge in [-0.25, -0.2) is 0 Å². The first-order valence-electron chi connectivity index (χ1n) is 10.4. The predicted octanol–water partition coefficient (Wildman–Crippen LogP) is 4.69. The molecule has 4 rings (SSSR count). The van der Waals surface area contributed by atoms with Gasteiger partial charge in [0.25, 0.3) is 0 Å². The first kappa shape index (κ1) is 20.0. The Morgan fingerprint density at radius 2 is 1.87 bits per heavy atom. The highest BCUT2D eigenvalue weighted by molar-refractivity contribution is 5.59. The number of nitriles is 1. The number of likely N-dealkylation sites (tertiary alicyclic amines) is 1. The molecular formula is C24H26N4O2. The van der Waals surface area contributed by atoms with Crippen molar-refractivity contribution in [3.63, 3.8) is 0 Å². The highest BCUT2D eigenvalue weighted by atomic mass is 16.5. The summed E-state index contributed by atoms with van der Waals surface area (Å²) in [4.78, 5) is 6.80. The van der Waals surface area contributed by atoms with E-state index >= 15 is 0 Å². The number of aromatic nitrogens is 1. The van der Waals surface area contributed by atoms with Gasteiger partial charge in [-0.2, -0.15) is 10.2 Å². The van der Waals surface area contributed by atoms with E-state index < -0.39 is 0 Å². The van der Waals surface area contributed by atoms with Gasteiger partial charge in [0.1, 0.15) is 18.4 Å². The number of benzene rings is 2. The minimum absolute atomic E-state index is 0.281. The molecule has 3 aromatic rings. The van der Waals surface area contributed by atoms with Crippen LogP contribution in [0.15, 0.2) is 59.0 Å². The number of hydrogen-bond acceptors (Lipinski definition) is 6. The maximum atomic E-state index is 9.43. The Morgan fingerprint density at radius 3 is 2.57 bits per heavy atom. The molecule has 2 aromatic carbocycles. The molecule has 0 bridgehead atoms. The van der Waals surface area contributed by atoms with Gasteiger partial charge in [-0.1, -0.05) is 30.3 Å². The molecule has 1 unspecified atom stereocenters. The van der Waals surface area contributed by atoms with Crippen molar-refractivity contribution in [2.45, 2.75) is 32.4 Å². The van der Waals surface area contributed by atoms with Crippen molar-refractivity contribution in [3.8, 4) is 23.3 Å². The van der Waals surface area contributed by atoms with Gasteiger partial charge < -0.3 is 14.5 Å². The summed E-state index contributed by atoms with van der Waals surface area (Å²) in [6, 6.07) is 20.1. The summed E-state index contributed by atoms with van der Waals surface area (Å²) in [6.45, 7) is 5.69. The molecule has 0 radical (unpaired) electrons. The molecule has 1 atom stereocenters. The highest BCUT2D eigenvalue weighted by Gasteiger charge is 2.20. The van der Waals surface area contributed by atoms with Crippen LogP contribution < -0.4 is 10.1 Å². The Bertz CT molecular complexity index is 986. The third kappa shape index (κ3) is 4.81. The second kappa shape index (κ2) is 9.47. The van der Waals surface area contributed by atoms with Crippen LogP contribution in [0.5, 0.6) is 5.75 Å². The fraction of sp³-hybridized carbons (Fsp3) is 0.333. The average Bonchev–Trinajstić information content (AvgIpc) is 3.47. The largest absolute Gasteiger partial charge is 0.489 e. The topological polar surface area (TPSA) is 74.3 Å². The maximum absolute atomic E-state index is 9.43. The second-order valence-corrected chi connectivity index (χ2v) is 7.58. The third-order valence-electron chi connectivity index (χ3n) is 5.40. The molecule has 154 valence electrons. The Labute approximate surface area is 177 Å². The molecule has 1 fully saturated rings. The molecular weight excluding hydrogens is 376 g/mol. The lowest BCUT2D eigenvalue weighted by molar-refractivity contribution is 0.268. The van der Waals surface area contributed by atoms with E-state index in [1.54, 1.807) is 0 Å². The number of oxazole rings is 1. The maximum Gasteiger partial charge on any atom is 0.232 e. The van der Waals surface area contributed by atoms with Gasteiger partial charge in [0.2, 0.25) is 17.5 Å². The smallest absolute Gasteiger partial charge is 0.232 e. The lowest BCUT2D eigenvalue weighted by Crippen LogP contribution is -2.35. The quantitative estimate of drug-likeness (QED) is 0.589. The molecule has 1 aliphatic heterocycles. The van der Waals surface area contributed by atoms with E-state index in [1.165, 1.54) is 12.8 Å². The van der Waals surface area contributed by atoms with Crippen molar-refractivity contribution in [1.29, 1.82) is 5.26 Å². The number of nitrogens with zero attached hydrogens (tertiary/aromatic N) is 3. The monoisotopic (exact) mass is 402 g/mol. The highest BCUT2D eigenvalue weighted by Crippen LogP contribution is 2.27. The van der Waals surface area contributed by atoms with Gasteiger partial charge >= 0.3 is 0 Å². The van der Waals surface area contributed by atoms with Crippen LogP contribution in [-0.4, -0.2) is 35.6 Å². The molecule has 0 spiro atoms. The standard InChI is InChI=1S/C24H26N4O2/c1-18(28-13-5-6-14-28)16-26-24-22(15-25)27-23(30-24)20-9-11-21(12-10-20)29-17-19-7-3-2-4-8-19/h2-4,7-12,18,26H,5-6,13-14,16-17H2,1H3. The Kier molecular flexibility index (Phi) is 6.31. The lowest BCUT2D eigenvalue weighted by atomic mass is 10.2. The van der Waals surface area contributed by atoms with E-state index in [0.29, 0.717) is 24.4 Å². The molecule has 6 heteroatoms. The zero-order valence-electron chi connectivity index (χ0n) is 17.2. The molecule has 0 aliphatic carbocycles. The van der Waals surface area contributed by atoms with E-state index in [1.807, 2.05) is 54.6 Å². The fourth-order valence-electron chi connectivity index (χ4n) is 3.63. The van der Waals surface area contributed by atoms with E-state index in [-0.39, 0.29) is 5.69 Å². The molecule has 0 saturated carbocycles. The third-order valence-corrected chi connectivity index (χ3v) is 5.40. The SMILES string of the molecule is CC(CNc1oc(-c2ccc(OCc3ccccc3)cc2)nc1C#N)N1CCCC1. The molecule has 1 N–H and O–H groups in total. The van der Waals surface area contributed by atoms with Gasteiger partial charge in [-0.3, -0.25) is 4.90 Å². The zero-order valence-corrected chi connectivity index (χ0v) is 17.2. The summed E-state index contributed by atoms with van der Waals surface area (Å²) in [6.07, 6.45) is 2.51. The van der Waals surface area contributed by atoms with Crippen LogP contribution in [0.4, 0.5) is 5.88 Å². The molecule has 1 aromatic heterocycles. The summed E-state index contributed by atoms with van der Waals surface area (Å²) in [5.41, 5.74) is 2.20. The van der Waals surface area contributed by atoms with Crippen LogP contribution in [0.25, 0.3) is 11.5 Å². The van der Waals surface area contributed by atoms with Crippen LogP contribution in [0.2, 0.25) is 0 Å². The minimum Gasteiger partial charge on any atom is -0.489 e. The molecule has 1 aliphatic rings. The van der Waals surface area contributed by atoms with Gasteiger partial charge in [0.15, 0.2) is 0 Å². The van der Waals surface area contributed by atoms with Crippen LogP contribution >= 0.6 is 0 Å². The Morgan fingerprint density at radius 1 is 1.13 bits per heavy atom. The van der Waals surface area contributed by atoms with E-state index in [2.05, 4.69) is 28.2 Å². The van der Waals surface area contributed by atoms with Gasteiger partial charge in [0, 0.05) is 18.2 Å². The summed E-state index contributed by atoms with van der Waals surface area (Å²) in [7, 11) is 0. The van der Waals surface area contributed by atoms with E-state index in [9.17, 15) is 5.26 Å². The summed E-state index contributed by atoms with van der Waals surface area (Å²) in [5, 5.41) is 12.7. The number of rotatable bonds is 8. The van der Waals surface area contributed by atoms with Gasteiger partial charge in [0.05, 0.1) is 0 Å². The lowest BCUT2D eigenvalue weighted by Gasteiger charge is -2.23. The van der Waals surface area contributed by atoms with Crippen LogP contribution in [-0.2, 0) is 6.61 Å². The number of nitrogens with one attached hydrogen (secondary N) is 1. The minimum atomic E-state index is 0.281. The van der Waals surface area contributed by atoms with Crippen molar-refractivity contribution in [3.05, 3.63) is 65.9 Å². The first-order chi connectivity index (χ1) is 14.7.